The molecule has 170 valence electrons. The molecule has 0 amide bonds. The number of carbonyl (C=O) groups is 1. The highest BCUT2D eigenvalue weighted by molar-refractivity contribution is 6.39. The van der Waals surface area contributed by atoms with E-state index in [9.17, 15) is 9.90 Å². The molecule has 2 aliphatic rings. The van der Waals surface area contributed by atoms with Gasteiger partial charge in [0, 0.05) is 29.9 Å². The number of Topliss-reactive ketones (excluding diaryl/α,β-unsaturated/α-hetero) is 1. The molecular weight excluding hydrogens is 396 g/mol. The number of ketones is 1. The largest absolute Gasteiger partial charge is 0.506 e. The lowest BCUT2D eigenvalue weighted by molar-refractivity contribution is -0.586. The Morgan fingerprint density at radius 1 is 0.750 bits per heavy atom. The van der Waals surface area contributed by atoms with Gasteiger partial charge in [-0.25, -0.2) is 4.58 Å². The number of anilines is 1. The standard InChI is InChI=1S/C28H36N2O2/c1-17(2)29(18(3)4)23-13-9-21(10-14-23)25-27(31)26(28(25)32)22-11-15-24(16-12-22)30(19(5)6)20(7)8/h9-20H,1-8H3/p+1. The third kappa shape index (κ3) is 4.36. The van der Waals surface area contributed by atoms with Crippen molar-refractivity contribution in [1.29, 1.82) is 0 Å². The lowest BCUT2D eigenvalue weighted by Crippen LogP contribution is -2.36. The first-order chi connectivity index (χ1) is 15.0. The van der Waals surface area contributed by atoms with Crippen LogP contribution in [0.4, 0.5) is 5.69 Å². The predicted molar refractivity (Wildman–Crippen MR) is 135 cm³/mol. The van der Waals surface area contributed by atoms with Crippen molar-refractivity contribution in [1.82, 2.24) is 0 Å². The Kier molecular flexibility index (Phi) is 6.92. The van der Waals surface area contributed by atoms with Crippen molar-refractivity contribution in [2.45, 2.75) is 79.6 Å². The van der Waals surface area contributed by atoms with Crippen LogP contribution in [0.5, 0.6) is 0 Å². The minimum Gasteiger partial charge on any atom is -0.506 e. The molecule has 0 saturated heterocycles. The van der Waals surface area contributed by atoms with E-state index in [0.717, 1.165) is 22.5 Å². The number of carbonyl (C=O) groups excluding carboxylic acids is 1. The summed E-state index contributed by atoms with van der Waals surface area (Å²) in [4.78, 5) is 15.3. The maximum atomic E-state index is 13.0. The molecular formula is C28H37N2O2+. The molecule has 0 spiro atoms. The molecule has 0 aromatic heterocycles. The van der Waals surface area contributed by atoms with E-state index in [1.54, 1.807) is 0 Å². The summed E-state index contributed by atoms with van der Waals surface area (Å²) in [7, 11) is 0. The fraction of sp³-hybridized carbons (Fsp3) is 0.429. The molecule has 0 unspecified atom stereocenters. The molecule has 0 saturated carbocycles. The summed E-state index contributed by atoms with van der Waals surface area (Å²) >= 11 is 0. The number of rotatable bonds is 6. The summed E-state index contributed by atoms with van der Waals surface area (Å²) in [6, 6.07) is 9.43. The van der Waals surface area contributed by atoms with Crippen molar-refractivity contribution in [3.05, 3.63) is 71.0 Å². The first-order valence-corrected chi connectivity index (χ1v) is 11.7. The van der Waals surface area contributed by atoms with Crippen molar-refractivity contribution in [2.24, 2.45) is 0 Å². The number of nitrogens with zero attached hydrogens (tertiary/aromatic N) is 2. The van der Waals surface area contributed by atoms with E-state index in [2.05, 4.69) is 64.9 Å². The smallest absolute Gasteiger partial charge is 0.201 e. The highest BCUT2D eigenvalue weighted by atomic mass is 16.3. The quantitative estimate of drug-likeness (QED) is 0.452. The summed E-state index contributed by atoms with van der Waals surface area (Å²) in [5.74, 6) is -0.0122. The minimum atomic E-state index is -0.0999. The van der Waals surface area contributed by atoms with Crippen LogP contribution in [0.2, 0.25) is 0 Å². The van der Waals surface area contributed by atoms with Crippen LogP contribution in [0.1, 0.15) is 61.0 Å². The van der Waals surface area contributed by atoms with Crippen molar-refractivity contribution < 1.29 is 14.5 Å². The molecule has 0 fully saturated rings. The Labute approximate surface area is 193 Å². The molecule has 2 aliphatic carbocycles. The maximum absolute atomic E-state index is 13.0. The van der Waals surface area contributed by atoms with Crippen LogP contribution in [0.3, 0.4) is 0 Å². The number of benzene rings is 1. The lowest BCUT2D eigenvalue weighted by Gasteiger charge is -2.33. The number of hydrogen-bond acceptors (Lipinski definition) is 3. The predicted octanol–water partition coefficient (Wildman–Crippen LogP) is 5.85. The van der Waals surface area contributed by atoms with E-state index in [1.165, 1.54) is 0 Å². The second kappa shape index (κ2) is 9.32. The van der Waals surface area contributed by atoms with Crippen LogP contribution < -0.4 is 4.90 Å². The van der Waals surface area contributed by atoms with Crippen molar-refractivity contribution in [2.75, 3.05) is 4.90 Å². The molecule has 4 heteroatoms. The van der Waals surface area contributed by atoms with Gasteiger partial charge in [0.05, 0.1) is 11.1 Å². The van der Waals surface area contributed by atoms with E-state index < -0.39 is 0 Å². The molecule has 1 aromatic carbocycles. The first-order valence-electron chi connectivity index (χ1n) is 11.7. The van der Waals surface area contributed by atoms with Gasteiger partial charge < -0.3 is 10.0 Å². The van der Waals surface area contributed by atoms with Gasteiger partial charge >= 0.3 is 0 Å². The molecule has 0 atom stereocenters. The minimum absolute atomic E-state index is 0.0876. The summed E-state index contributed by atoms with van der Waals surface area (Å²) in [6.07, 6.45) is 7.92. The van der Waals surface area contributed by atoms with Crippen LogP contribution >= 0.6 is 0 Å². The van der Waals surface area contributed by atoms with Gasteiger partial charge in [0.2, 0.25) is 5.78 Å². The van der Waals surface area contributed by atoms with E-state index in [4.69, 9.17) is 0 Å². The van der Waals surface area contributed by atoms with Gasteiger partial charge in [0.25, 0.3) is 0 Å². The number of aliphatic hydroxyl groups is 1. The van der Waals surface area contributed by atoms with Crippen LogP contribution in [0, 0.1) is 0 Å². The van der Waals surface area contributed by atoms with Gasteiger partial charge in [-0.05, 0) is 90.8 Å². The molecule has 32 heavy (non-hydrogen) atoms. The Hall–Kier alpha value is -2.88. The summed E-state index contributed by atoms with van der Waals surface area (Å²) in [5.41, 5.74) is 4.56. The zero-order valence-corrected chi connectivity index (χ0v) is 20.7. The second-order valence-electron chi connectivity index (χ2n) is 9.71. The van der Waals surface area contributed by atoms with Crippen LogP contribution in [0.25, 0.3) is 5.57 Å². The van der Waals surface area contributed by atoms with E-state index >= 15 is 0 Å². The van der Waals surface area contributed by atoms with Crippen LogP contribution in [-0.4, -0.2) is 45.3 Å². The lowest BCUT2D eigenvalue weighted by atomic mass is 9.80. The van der Waals surface area contributed by atoms with Gasteiger partial charge in [0.15, 0.2) is 5.71 Å². The van der Waals surface area contributed by atoms with Crippen molar-refractivity contribution >= 4 is 22.8 Å². The zero-order valence-electron chi connectivity index (χ0n) is 20.7. The third-order valence-electron chi connectivity index (χ3n) is 6.06. The maximum Gasteiger partial charge on any atom is 0.201 e. The Balaban J connectivity index is 1.90. The molecule has 0 bridgehead atoms. The van der Waals surface area contributed by atoms with E-state index in [0.29, 0.717) is 35.3 Å². The summed E-state index contributed by atoms with van der Waals surface area (Å²) < 4.78 is 2.33. The van der Waals surface area contributed by atoms with Crippen molar-refractivity contribution in [3.63, 3.8) is 0 Å². The summed E-state index contributed by atoms with van der Waals surface area (Å²) in [6.45, 7) is 17.4. The topological polar surface area (TPSA) is 43.5 Å². The first kappa shape index (κ1) is 23.8. The Bertz CT molecular complexity index is 1010. The zero-order chi connectivity index (χ0) is 23.7. The van der Waals surface area contributed by atoms with Gasteiger partial charge in [-0.15, -0.1) is 0 Å². The van der Waals surface area contributed by atoms with Gasteiger partial charge in [-0.1, -0.05) is 12.1 Å². The van der Waals surface area contributed by atoms with Gasteiger partial charge in [-0.3, -0.25) is 4.79 Å². The van der Waals surface area contributed by atoms with Crippen molar-refractivity contribution in [3.8, 4) is 0 Å². The molecule has 0 aliphatic heterocycles. The fourth-order valence-corrected chi connectivity index (χ4v) is 4.92. The Morgan fingerprint density at radius 3 is 1.66 bits per heavy atom. The molecule has 1 N–H and O–H groups in total. The second-order valence-corrected chi connectivity index (χ2v) is 9.71. The average molecular weight is 434 g/mol. The van der Waals surface area contributed by atoms with E-state index in [1.807, 2.05) is 48.6 Å². The summed E-state index contributed by atoms with van der Waals surface area (Å²) in [5, 5.41) is 10.8. The SMILES string of the molecule is CC(C)N(c1ccc(C2=C(O)C(=C3C=CC(=[N+](C(C)C)C(C)C)C=C3)C2=O)cc1)C(C)C. The Morgan fingerprint density at radius 2 is 1.25 bits per heavy atom. The molecule has 4 nitrogen and oxygen atoms in total. The normalized spacial score (nSPS) is 16.2. The monoisotopic (exact) mass is 433 g/mol. The number of hydrogen-bond donors (Lipinski definition) is 1. The van der Waals surface area contributed by atoms with Crippen LogP contribution in [0.15, 0.2) is 65.5 Å². The molecule has 0 radical (unpaired) electrons. The highest BCUT2D eigenvalue weighted by Crippen LogP contribution is 2.39. The van der Waals surface area contributed by atoms with Gasteiger partial charge in [0.1, 0.15) is 17.8 Å². The average Bonchev–Trinajstić information content (AvgIpc) is 2.70. The van der Waals surface area contributed by atoms with Crippen LogP contribution in [-0.2, 0) is 4.79 Å². The highest BCUT2D eigenvalue weighted by Gasteiger charge is 2.36. The molecule has 3 rings (SSSR count). The fourth-order valence-electron chi connectivity index (χ4n) is 4.92. The number of aliphatic hydroxyl groups excluding tert-OH is 1. The van der Waals surface area contributed by atoms with Gasteiger partial charge in [-0.2, -0.15) is 0 Å². The third-order valence-corrected chi connectivity index (χ3v) is 6.06. The number of allylic oxidation sites excluding steroid dienone is 7. The molecule has 0 heterocycles. The molecule has 1 aromatic rings. The van der Waals surface area contributed by atoms with E-state index in [-0.39, 0.29) is 11.5 Å².